The summed E-state index contributed by atoms with van der Waals surface area (Å²) in [6.07, 6.45) is 0.655. The minimum Gasteiger partial charge on any atom is -0.480 e. The molecule has 0 bridgehead atoms. The smallest absolute Gasteiger partial charge is 0.411 e. The second-order valence-corrected chi connectivity index (χ2v) is 7.86. The average molecular weight is 464 g/mol. The summed E-state index contributed by atoms with van der Waals surface area (Å²) in [5, 5.41) is 24.8. The maximum atomic E-state index is 12.8. The number of aliphatic hydroxyl groups excluding tert-OH is 1. The van der Waals surface area contributed by atoms with Crippen LogP contribution in [0.2, 0.25) is 0 Å². The van der Waals surface area contributed by atoms with Crippen LogP contribution in [-0.2, 0) is 16.6 Å². The lowest BCUT2D eigenvalue weighted by atomic mass is 9.98. The monoisotopic (exact) mass is 464 g/mol. The minimum atomic E-state index is -1.23. The van der Waals surface area contributed by atoms with Gasteiger partial charge in [-0.2, -0.15) is 5.10 Å². The number of fused-ring (bicyclic) bond motifs is 3. The first-order chi connectivity index (χ1) is 16.4. The highest BCUT2D eigenvalue weighted by atomic mass is 16.5. The van der Waals surface area contributed by atoms with E-state index in [2.05, 4.69) is 10.4 Å². The molecule has 0 unspecified atom stereocenters. The van der Waals surface area contributed by atoms with Crippen LogP contribution in [0.15, 0.2) is 54.7 Å². The number of carboxylic acid groups (broad SMARTS) is 1. The third-order valence-electron chi connectivity index (χ3n) is 5.60. The molecule has 0 aliphatic heterocycles. The SMILES string of the molecule is Cn1cc(NC(=O)OCC2c3ccccc3-c3ccccc32)c(C(=O)N(CCO)CC(=O)O)n1. The van der Waals surface area contributed by atoms with E-state index in [1.165, 1.54) is 10.9 Å². The van der Waals surface area contributed by atoms with Crippen LogP contribution in [0.5, 0.6) is 0 Å². The number of nitrogens with zero attached hydrogens (tertiary/aromatic N) is 3. The minimum absolute atomic E-state index is 0.0815. The van der Waals surface area contributed by atoms with Crippen LogP contribution in [0, 0.1) is 0 Å². The van der Waals surface area contributed by atoms with Crippen molar-refractivity contribution in [3.63, 3.8) is 0 Å². The molecule has 0 fully saturated rings. The first kappa shape index (κ1) is 23.0. The van der Waals surface area contributed by atoms with E-state index in [0.717, 1.165) is 27.2 Å². The Bertz CT molecular complexity index is 1190. The maximum Gasteiger partial charge on any atom is 0.411 e. The number of ether oxygens (including phenoxy) is 1. The zero-order valence-corrected chi connectivity index (χ0v) is 18.5. The van der Waals surface area contributed by atoms with Gasteiger partial charge in [0.15, 0.2) is 5.69 Å². The summed E-state index contributed by atoms with van der Waals surface area (Å²) in [6.45, 7) is -1.12. The number of anilines is 1. The molecule has 2 aromatic carbocycles. The number of aryl methyl sites for hydroxylation is 1. The number of amides is 2. The number of aromatic nitrogens is 2. The van der Waals surface area contributed by atoms with Crippen LogP contribution in [-0.4, -0.2) is 69.2 Å². The molecule has 10 heteroatoms. The summed E-state index contributed by atoms with van der Waals surface area (Å²) >= 11 is 0. The van der Waals surface area contributed by atoms with Crippen molar-refractivity contribution in [2.75, 3.05) is 31.6 Å². The largest absolute Gasteiger partial charge is 0.480 e. The predicted octanol–water partition coefficient (Wildman–Crippen LogP) is 2.30. The van der Waals surface area contributed by atoms with Crippen molar-refractivity contribution in [2.24, 2.45) is 7.05 Å². The maximum absolute atomic E-state index is 12.8. The lowest BCUT2D eigenvalue weighted by molar-refractivity contribution is -0.137. The fourth-order valence-electron chi connectivity index (χ4n) is 4.17. The Hall–Kier alpha value is -4.18. The number of nitrogens with one attached hydrogen (secondary N) is 1. The molecule has 0 radical (unpaired) electrons. The van der Waals surface area contributed by atoms with Gasteiger partial charge in [-0.25, -0.2) is 4.79 Å². The average Bonchev–Trinajstić information content (AvgIpc) is 3.34. The quantitative estimate of drug-likeness (QED) is 0.466. The van der Waals surface area contributed by atoms with Gasteiger partial charge < -0.3 is 19.8 Å². The van der Waals surface area contributed by atoms with Gasteiger partial charge >= 0.3 is 12.1 Å². The molecule has 1 aromatic heterocycles. The van der Waals surface area contributed by atoms with Gasteiger partial charge in [0.1, 0.15) is 13.2 Å². The van der Waals surface area contributed by atoms with Gasteiger partial charge in [-0.05, 0) is 22.3 Å². The molecule has 1 aliphatic carbocycles. The van der Waals surface area contributed by atoms with Gasteiger partial charge in [0.05, 0.1) is 12.3 Å². The zero-order chi connectivity index (χ0) is 24.2. The van der Waals surface area contributed by atoms with Crippen molar-refractivity contribution in [3.05, 3.63) is 71.5 Å². The Kier molecular flexibility index (Phi) is 6.60. The molecule has 3 N–H and O–H groups in total. The highest BCUT2D eigenvalue weighted by Crippen LogP contribution is 2.44. The van der Waals surface area contributed by atoms with E-state index < -0.39 is 31.1 Å². The Morgan fingerprint density at radius 2 is 1.71 bits per heavy atom. The van der Waals surface area contributed by atoms with Gasteiger partial charge in [-0.3, -0.25) is 19.6 Å². The predicted molar refractivity (Wildman–Crippen MR) is 123 cm³/mol. The van der Waals surface area contributed by atoms with Gasteiger partial charge in [-0.15, -0.1) is 0 Å². The molecule has 1 aliphatic rings. The van der Waals surface area contributed by atoms with E-state index in [4.69, 9.17) is 9.84 Å². The zero-order valence-electron chi connectivity index (χ0n) is 18.5. The summed E-state index contributed by atoms with van der Waals surface area (Å²) in [4.78, 5) is 37.5. The number of hydrogen-bond acceptors (Lipinski definition) is 6. The molecule has 2 amide bonds. The molecule has 0 spiro atoms. The lowest BCUT2D eigenvalue weighted by Crippen LogP contribution is -2.38. The Morgan fingerprint density at radius 1 is 1.09 bits per heavy atom. The van der Waals surface area contributed by atoms with E-state index >= 15 is 0 Å². The highest BCUT2D eigenvalue weighted by Gasteiger charge is 2.30. The summed E-state index contributed by atoms with van der Waals surface area (Å²) in [7, 11) is 1.56. The number of carbonyl (C=O) groups excluding carboxylic acids is 2. The van der Waals surface area contributed by atoms with Gasteiger partial charge in [0.25, 0.3) is 5.91 Å². The third-order valence-corrected chi connectivity index (χ3v) is 5.60. The molecule has 0 atom stereocenters. The Morgan fingerprint density at radius 3 is 2.29 bits per heavy atom. The summed E-state index contributed by atoms with van der Waals surface area (Å²) < 4.78 is 6.84. The molecular formula is C24H24N4O6. The lowest BCUT2D eigenvalue weighted by Gasteiger charge is -2.19. The second-order valence-electron chi connectivity index (χ2n) is 7.86. The number of carboxylic acids is 1. The van der Waals surface area contributed by atoms with Crippen molar-refractivity contribution >= 4 is 23.7 Å². The van der Waals surface area contributed by atoms with Crippen molar-refractivity contribution in [2.45, 2.75) is 5.92 Å². The van der Waals surface area contributed by atoms with E-state index in [-0.39, 0.29) is 30.5 Å². The number of rotatable bonds is 8. The molecular weight excluding hydrogens is 440 g/mol. The van der Waals surface area contributed by atoms with Gasteiger partial charge in [0.2, 0.25) is 0 Å². The van der Waals surface area contributed by atoms with Crippen molar-refractivity contribution in [1.82, 2.24) is 14.7 Å². The molecule has 10 nitrogen and oxygen atoms in total. The third kappa shape index (κ3) is 4.62. The highest BCUT2D eigenvalue weighted by molar-refractivity contribution is 6.01. The number of aliphatic carboxylic acids is 1. The van der Waals surface area contributed by atoms with Crippen molar-refractivity contribution < 1.29 is 29.3 Å². The molecule has 4 rings (SSSR count). The summed E-state index contributed by atoms with van der Waals surface area (Å²) in [5.41, 5.74) is 4.29. The van der Waals surface area contributed by atoms with Crippen LogP contribution >= 0.6 is 0 Å². The van der Waals surface area contributed by atoms with Crippen molar-refractivity contribution in [1.29, 1.82) is 0 Å². The molecule has 176 valence electrons. The van der Waals surface area contributed by atoms with Crippen LogP contribution in [0.1, 0.15) is 27.5 Å². The van der Waals surface area contributed by atoms with E-state index in [1.54, 1.807) is 7.05 Å². The van der Waals surface area contributed by atoms with Crippen LogP contribution in [0.3, 0.4) is 0 Å². The van der Waals surface area contributed by atoms with Gasteiger partial charge in [0, 0.05) is 25.7 Å². The van der Waals surface area contributed by atoms with E-state index in [0.29, 0.717) is 0 Å². The first-order valence-corrected chi connectivity index (χ1v) is 10.7. The van der Waals surface area contributed by atoms with E-state index in [1.807, 2.05) is 48.5 Å². The molecule has 34 heavy (non-hydrogen) atoms. The fourth-order valence-corrected chi connectivity index (χ4v) is 4.17. The first-order valence-electron chi connectivity index (χ1n) is 10.7. The Balaban J connectivity index is 1.48. The topological polar surface area (TPSA) is 134 Å². The summed E-state index contributed by atoms with van der Waals surface area (Å²) in [5.74, 6) is -2.08. The van der Waals surface area contributed by atoms with E-state index in [9.17, 15) is 19.5 Å². The van der Waals surface area contributed by atoms with Crippen LogP contribution in [0.25, 0.3) is 11.1 Å². The molecule has 0 saturated heterocycles. The Labute approximate surface area is 195 Å². The summed E-state index contributed by atoms with van der Waals surface area (Å²) in [6, 6.07) is 15.9. The second kappa shape index (κ2) is 9.75. The number of carbonyl (C=O) groups is 3. The van der Waals surface area contributed by atoms with Gasteiger partial charge in [-0.1, -0.05) is 48.5 Å². The molecule has 0 saturated carbocycles. The molecule has 3 aromatic rings. The standard InChI is InChI=1S/C24H24N4O6/c1-27-12-20(22(26-27)23(32)28(10-11-29)13-21(30)31)25-24(33)34-14-19-17-8-4-2-6-15(17)16-7-3-5-9-18(16)19/h2-9,12,19,29H,10-11,13-14H2,1H3,(H,25,33)(H,30,31). The van der Waals surface area contributed by atoms with Crippen molar-refractivity contribution in [3.8, 4) is 11.1 Å². The van der Waals surface area contributed by atoms with Crippen LogP contribution < -0.4 is 5.32 Å². The molecule has 1 heterocycles. The number of benzene rings is 2. The number of aliphatic hydroxyl groups is 1. The fraction of sp³-hybridized carbons (Fsp3) is 0.250. The number of hydrogen-bond donors (Lipinski definition) is 3. The normalized spacial score (nSPS) is 12.1. The van der Waals surface area contributed by atoms with Crippen LogP contribution in [0.4, 0.5) is 10.5 Å².